The highest BCUT2D eigenvalue weighted by Gasteiger charge is 2.40. The van der Waals surface area contributed by atoms with Gasteiger partial charge in [0.15, 0.2) is 17.4 Å². The Balaban J connectivity index is 1.32. The van der Waals surface area contributed by atoms with Crippen LogP contribution in [0.3, 0.4) is 0 Å². The van der Waals surface area contributed by atoms with Crippen LogP contribution in [0.2, 0.25) is 0 Å². The van der Waals surface area contributed by atoms with Gasteiger partial charge in [0.25, 0.3) is 0 Å². The Morgan fingerprint density at radius 2 is 2.00 bits per heavy atom. The van der Waals surface area contributed by atoms with Crippen LogP contribution in [0.25, 0.3) is 0 Å². The van der Waals surface area contributed by atoms with Gasteiger partial charge in [-0.1, -0.05) is 6.07 Å². The molecule has 0 radical (unpaired) electrons. The van der Waals surface area contributed by atoms with Crippen molar-refractivity contribution in [1.29, 1.82) is 0 Å². The Morgan fingerprint density at radius 3 is 2.64 bits per heavy atom. The topological polar surface area (TPSA) is 76.6 Å². The molecular weight excluding hydrogens is 340 g/mol. The molecule has 2 fully saturated rings. The predicted molar refractivity (Wildman–Crippen MR) is 94.8 cm³/mol. The van der Waals surface area contributed by atoms with Crippen LogP contribution in [0.4, 0.5) is 11.6 Å². The molecule has 1 N–H and O–H groups in total. The third-order valence-corrected chi connectivity index (χ3v) is 5.37. The predicted octanol–water partition coefficient (Wildman–Crippen LogP) is 2.06. The molecule has 2 aromatic rings. The van der Waals surface area contributed by atoms with Gasteiger partial charge in [-0.3, -0.25) is 4.79 Å². The lowest BCUT2D eigenvalue weighted by Gasteiger charge is -2.37. The van der Waals surface area contributed by atoms with E-state index in [0.717, 1.165) is 36.6 Å². The first-order chi connectivity index (χ1) is 12.2. The van der Waals surface area contributed by atoms with E-state index in [1.165, 1.54) is 0 Å². The van der Waals surface area contributed by atoms with Gasteiger partial charge in [0.1, 0.15) is 0 Å². The fraction of sp³-hybridized carbons (Fsp3) is 0.471. The Kier molecular flexibility index (Phi) is 4.65. The number of rotatable bonds is 4. The Hall–Kier alpha value is -2.03. The first-order valence-corrected chi connectivity index (χ1v) is 9.29. The van der Waals surface area contributed by atoms with E-state index in [9.17, 15) is 4.79 Å². The third kappa shape index (κ3) is 3.81. The second kappa shape index (κ2) is 7.07. The molecule has 4 rings (SSSR count). The van der Waals surface area contributed by atoms with Gasteiger partial charge in [0, 0.05) is 30.8 Å². The number of nitrogens with one attached hydrogen (secondary N) is 1. The number of piperidine rings is 1. The van der Waals surface area contributed by atoms with Gasteiger partial charge in [0.05, 0.1) is 19.6 Å². The van der Waals surface area contributed by atoms with Gasteiger partial charge in [-0.25, -0.2) is 0 Å². The molecule has 2 saturated heterocycles. The number of anilines is 2. The zero-order chi connectivity index (χ0) is 17.1. The number of ether oxygens (including phenoxy) is 2. The maximum Gasteiger partial charge on any atom is 0.230 e. The molecule has 0 unspecified atom stereocenters. The van der Waals surface area contributed by atoms with Crippen molar-refractivity contribution in [1.82, 2.24) is 10.2 Å². The number of carbonyl (C=O) groups is 1. The minimum Gasteiger partial charge on any atom is -0.355 e. The fourth-order valence-electron chi connectivity index (χ4n) is 3.18. The number of hydrogen-bond acceptors (Lipinski definition) is 7. The van der Waals surface area contributed by atoms with Crippen LogP contribution in [0.5, 0.6) is 0 Å². The van der Waals surface area contributed by atoms with Crippen molar-refractivity contribution < 1.29 is 14.3 Å². The molecule has 2 aliphatic rings. The minimum atomic E-state index is -0.389. The standard InChI is InChI=1S/C17H20N4O3S/c22-16(12-13-2-1-11-25-13)18-14-3-4-15(20-19-14)21-7-5-17(6-8-21)23-9-10-24-17/h1-4,11H,5-10,12H2,(H,18,19,22). The lowest BCUT2D eigenvalue weighted by molar-refractivity contribution is -0.169. The van der Waals surface area contributed by atoms with E-state index in [1.807, 2.05) is 23.6 Å². The number of aromatic nitrogens is 2. The van der Waals surface area contributed by atoms with Crippen molar-refractivity contribution in [2.24, 2.45) is 0 Å². The van der Waals surface area contributed by atoms with Crippen LogP contribution in [0, 0.1) is 0 Å². The number of nitrogens with zero attached hydrogens (tertiary/aromatic N) is 3. The first kappa shape index (κ1) is 16.4. The lowest BCUT2D eigenvalue weighted by Crippen LogP contribution is -2.45. The van der Waals surface area contributed by atoms with E-state index in [-0.39, 0.29) is 11.7 Å². The highest BCUT2D eigenvalue weighted by molar-refractivity contribution is 7.10. The Morgan fingerprint density at radius 1 is 1.20 bits per heavy atom. The summed E-state index contributed by atoms with van der Waals surface area (Å²) in [6, 6.07) is 7.57. The second-order valence-electron chi connectivity index (χ2n) is 6.18. The van der Waals surface area contributed by atoms with Crippen molar-refractivity contribution in [2.75, 3.05) is 36.5 Å². The average Bonchev–Trinajstić information content (AvgIpc) is 3.29. The number of carbonyl (C=O) groups excluding carboxylic acids is 1. The van der Waals surface area contributed by atoms with Crippen LogP contribution in [0.15, 0.2) is 29.6 Å². The van der Waals surface area contributed by atoms with Crippen LogP contribution < -0.4 is 10.2 Å². The Labute approximate surface area is 150 Å². The highest BCUT2D eigenvalue weighted by Crippen LogP contribution is 2.32. The van der Waals surface area contributed by atoms with Gasteiger partial charge in [0.2, 0.25) is 5.91 Å². The molecule has 2 aromatic heterocycles. The van der Waals surface area contributed by atoms with Crippen LogP contribution in [-0.2, 0) is 20.7 Å². The van der Waals surface area contributed by atoms with E-state index in [1.54, 1.807) is 17.4 Å². The summed E-state index contributed by atoms with van der Waals surface area (Å²) in [5.41, 5.74) is 0. The van der Waals surface area contributed by atoms with Gasteiger partial charge in [-0.15, -0.1) is 21.5 Å². The maximum absolute atomic E-state index is 12.0. The summed E-state index contributed by atoms with van der Waals surface area (Å²) in [6.45, 7) is 3.00. The summed E-state index contributed by atoms with van der Waals surface area (Å²) in [6.07, 6.45) is 2.01. The molecule has 0 aliphatic carbocycles. The molecule has 0 saturated carbocycles. The summed E-state index contributed by atoms with van der Waals surface area (Å²) in [7, 11) is 0. The van der Waals surface area contributed by atoms with Gasteiger partial charge in [-0.2, -0.15) is 0 Å². The smallest absolute Gasteiger partial charge is 0.230 e. The summed E-state index contributed by atoms with van der Waals surface area (Å²) in [5, 5.41) is 13.1. The average molecular weight is 360 g/mol. The molecular formula is C17H20N4O3S. The lowest BCUT2D eigenvalue weighted by atomic mass is 10.0. The Bertz CT molecular complexity index is 704. The molecule has 2 aliphatic heterocycles. The monoisotopic (exact) mass is 360 g/mol. The summed E-state index contributed by atoms with van der Waals surface area (Å²) in [5.74, 6) is 0.810. The summed E-state index contributed by atoms with van der Waals surface area (Å²) in [4.78, 5) is 15.2. The highest BCUT2D eigenvalue weighted by atomic mass is 32.1. The molecule has 0 bridgehead atoms. The molecule has 7 nitrogen and oxygen atoms in total. The van der Waals surface area contributed by atoms with Crippen molar-refractivity contribution in [3.8, 4) is 0 Å². The fourth-order valence-corrected chi connectivity index (χ4v) is 3.88. The molecule has 132 valence electrons. The van der Waals surface area contributed by atoms with Gasteiger partial charge >= 0.3 is 0 Å². The van der Waals surface area contributed by atoms with Crippen LogP contribution in [-0.4, -0.2) is 48.2 Å². The van der Waals surface area contributed by atoms with Crippen LogP contribution in [0.1, 0.15) is 17.7 Å². The molecule has 1 amide bonds. The summed E-state index contributed by atoms with van der Waals surface area (Å²) >= 11 is 1.57. The number of amides is 1. The molecule has 0 aromatic carbocycles. The summed E-state index contributed by atoms with van der Waals surface area (Å²) < 4.78 is 11.5. The van der Waals surface area contributed by atoms with E-state index in [0.29, 0.717) is 25.5 Å². The molecule has 8 heteroatoms. The molecule has 1 spiro atoms. The molecule has 25 heavy (non-hydrogen) atoms. The van der Waals surface area contributed by atoms with E-state index in [4.69, 9.17) is 9.47 Å². The largest absolute Gasteiger partial charge is 0.355 e. The van der Waals surface area contributed by atoms with Crippen LogP contribution >= 0.6 is 11.3 Å². The third-order valence-electron chi connectivity index (χ3n) is 4.50. The number of thiophene rings is 1. The second-order valence-corrected chi connectivity index (χ2v) is 7.21. The molecule has 0 atom stereocenters. The van der Waals surface area contributed by atoms with E-state index >= 15 is 0 Å². The SMILES string of the molecule is O=C(Cc1cccs1)Nc1ccc(N2CCC3(CC2)OCCO3)nn1. The zero-order valence-corrected chi connectivity index (χ0v) is 14.6. The minimum absolute atomic E-state index is 0.0834. The first-order valence-electron chi connectivity index (χ1n) is 8.41. The normalized spacial score (nSPS) is 19.3. The van der Waals surface area contributed by atoms with E-state index < -0.39 is 0 Å². The van der Waals surface area contributed by atoms with Crippen molar-refractivity contribution in [2.45, 2.75) is 25.0 Å². The van der Waals surface area contributed by atoms with Crippen molar-refractivity contribution in [3.63, 3.8) is 0 Å². The zero-order valence-electron chi connectivity index (χ0n) is 13.8. The molecule has 4 heterocycles. The van der Waals surface area contributed by atoms with E-state index in [2.05, 4.69) is 20.4 Å². The quantitative estimate of drug-likeness (QED) is 0.899. The van der Waals surface area contributed by atoms with Gasteiger partial charge in [-0.05, 0) is 23.6 Å². The number of hydrogen-bond donors (Lipinski definition) is 1. The van der Waals surface area contributed by atoms with Crippen molar-refractivity contribution >= 4 is 28.9 Å². The van der Waals surface area contributed by atoms with Gasteiger partial charge < -0.3 is 19.7 Å². The maximum atomic E-state index is 12.0. The van der Waals surface area contributed by atoms with Crippen molar-refractivity contribution in [3.05, 3.63) is 34.5 Å².